The van der Waals surface area contributed by atoms with Crippen LogP contribution in [-0.2, 0) is 13.1 Å². The van der Waals surface area contributed by atoms with Crippen LogP contribution in [0.2, 0.25) is 0 Å². The fourth-order valence-corrected chi connectivity index (χ4v) is 1.61. The van der Waals surface area contributed by atoms with E-state index in [9.17, 15) is 0 Å². The van der Waals surface area contributed by atoms with Crippen molar-refractivity contribution in [2.45, 2.75) is 46.3 Å². The van der Waals surface area contributed by atoms with E-state index in [1.165, 1.54) is 5.56 Å². The molecule has 0 unspecified atom stereocenters. The standard InChI is InChI=1S/C12H20N4/c1-4-16-10-12(8-14-16)9-15(11(2)3)7-5-6-13/h8,10-11H,4-5,7,9H2,1-3H3. The summed E-state index contributed by atoms with van der Waals surface area (Å²) in [5, 5.41) is 12.9. The molecule has 0 aliphatic heterocycles. The lowest BCUT2D eigenvalue weighted by Gasteiger charge is -2.24. The lowest BCUT2D eigenvalue weighted by atomic mass is 10.2. The number of hydrogen-bond donors (Lipinski definition) is 0. The van der Waals surface area contributed by atoms with Crippen molar-refractivity contribution < 1.29 is 0 Å². The van der Waals surface area contributed by atoms with Crippen LogP contribution in [0.15, 0.2) is 12.4 Å². The molecule has 0 N–H and O–H groups in total. The summed E-state index contributed by atoms with van der Waals surface area (Å²) in [6, 6.07) is 2.65. The molecular weight excluding hydrogens is 200 g/mol. The van der Waals surface area contributed by atoms with Gasteiger partial charge in [0.05, 0.1) is 12.3 Å². The van der Waals surface area contributed by atoms with Crippen LogP contribution in [0.3, 0.4) is 0 Å². The third-order valence-corrected chi connectivity index (χ3v) is 2.64. The summed E-state index contributed by atoms with van der Waals surface area (Å²) >= 11 is 0. The fourth-order valence-electron chi connectivity index (χ4n) is 1.61. The van der Waals surface area contributed by atoms with E-state index in [-0.39, 0.29) is 0 Å². The van der Waals surface area contributed by atoms with Gasteiger partial charge >= 0.3 is 0 Å². The van der Waals surface area contributed by atoms with Gasteiger partial charge in [-0.1, -0.05) is 0 Å². The second-order valence-electron chi connectivity index (χ2n) is 4.18. The molecule has 0 atom stereocenters. The Morgan fingerprint density at radius 3 is 2.81 bits per heavy atom. The quantitative estimate of drug-likeness (QED) is 0.736. The molecule has 4 heteroatoms. The number of hydrogen-bond acceptors (Lipinski definition) is 3. The topological polar surface area (TPSA) is 44.9 Å². The van der Waals surface area contributed by atoms with E-state index in [0.29, 0.717) is 12.5 Å². The van der Waals surface area contributed by atoms with Crippen LogP contribution in [-0.4, -0.2) is 27.3 Å². The van der Waals surface area contributed by atoms with Gasteiger partial charge in [-0.25, -0.2) is 0 Å². The van der Waals surface area contributed by atoms with Crippen molar-refractivity contribution in [2.75, 3.05) is 6.54 Å². The monoisotopic (exact) mass is 220 g/mol. The highest BCUT2D eigenvalue weighted by Gasteiger charge is 2.10. The van der Waals surface area contributed by atoms with Crippen LogP contribution >= 0.6 is 0 Å². The first-order valence-electron chi connectivity index (χ1n) is 5.79. The average molecular weight is 220 g/mol. The minimum atomic E-state index is 0.457. The Morgan fingerprint density at radius 2 is 2.31 bits per heavy atom. The molecule has 0 radical (unpaired) electrons. The van der Waals surface area contributed by atoms with Crippen LogP contribution in [0.4, 0.5) is 0 Å². The zero-order chi connectivity index (χ0) is 12.0. The number of aryl methyl sites for hydroxylation is 1. The van der Waals surface area contributed by atoms with Gasteiger partial charge in [-0.15, -0.1) is 0 Å². The third kappa shape index (κ3) is 3.67. The normalized spacial score (nSPS) is 11.0. The molecule has 88 valence electrons. The molecule has 16 heavy (non-hydrogen) atoms. The molecular formula is C12H20N4. The Bertz CT molecular complexity index is 348. The van der Waals surface area contributed by atoms with Gasteiger partial charge in [0.2, 0.25) is 0 Å². The highest BCUT2D eigenvalue weighted by molar-refractivity contribution is 5.03. The molecule has 0 aliphatic carbocycles. The van der Waals surface area contributed by atoms with Gasteiger partial charge in [0, 0.05) is 43.9 Å². The molecule has 1 aromatic rings. The Labute approximate surface area is 97.5 Å². The molecule has 1 heterocycles. The summed E-state index contributed by atoms with van der Waals surface area (Å²) in [4.78, 5) is 2.29. The number of rotatable bonds is 6. The van der Waals surface area contributed by atoms with Crippen molar-refractivity contribution in [3.63, 3.8) is 0 Å². The first kappa shape index (κ1) is 12.7. The van der Waals surface area contributed by atoms with Crippen LogP contribution in [0, 0.1) is 11.3 Å². The van der Waals surface area contributed by atoms with Crippen LogP contribution < -0.4 is 0 Å². The molecule has 0 amide bonds. The second kappa shape index (κ2) is 6.29. The van der Waals surface area contributed by atoms with Gasteiger partial charge < -0.3 is 0 Å². The minimum Gasteiger partial charge on any atom is -0.296 e. The molecule has 0 saturated carbocycles. The zero-order valence-corrected chi connectivity index (χ0v) is 10.3. The fraction of sp³-hybridized carbons (Fsp3) is 0.667. The van der Waals surface area contributed by atoms with Crippen molar-refractivity contribution >= 4 is 0 Å². The smallest absolute Gasteiger partial charge is 0.0635 e. The average Bonchev–Trinajstić information content (AvgIpc) is 2.71. The van der Waals surface area contributed by atoms with Gasteiger partial charge in [0.15, 0.2) is 0 Å². The largest absolute Gasteiger partial charge is 0.296 e. The van der Waals surface area contributed by atoms with Crippen molar-refractivity contribution in [2.24, 2.45) is 0 Å². The van der Waals surface area contributed by atoms with Crippen molar-refractivity contribution in [1.29, 1.82) is 5.26 Å². The maximum Gasteiger partial charge on any atom is 0.0635 e. The molecule has 4 nitrogen and oxygen atoms in total. The van der Waals surface area contributed by atoms with E-state index in [1.807, 2.05) is 10.9 Å². The van der Waals surface area contributed by atoms with E-state index >= 15 is 0 Å². The SMILES string of the molecule is CCn1cc(CN(CCC#N)C(C)C)cn1. The molecule has 0 aromatic carbocycles. The van der Waals surface area contributed by atoms with E-state index in [2.05, 4.69) is 43.0 Å². The summed E-state index contributed by atoms with van der Waals surface area (Å²) in [6.45, 7) is 8.99. The van der Waals surface area contributed by atoms with Gasteiger partial charge in [-0.2, -0.15) is 10.4 Å². The summed E-state index contributed by atoms with van der Waals surface area (Å²) in [7, 11) is 0. The lowest BCUT2D eigenvalue weighted by molar-refractivity contribution is 0.218. The maximum absolute atomic E-state index is 8.61. The van der Waals surface area contributed by atoms with Crippen molar-refractivity contribution in [1.82, 2.24) is 14.7 Å². The second-order valence-corrected chi connectivity index (χ2v) is 4.18. The molecule has 0 saturated heterocycles. The van der Waals surface area contributed by atoms with Crippen LogP contribution in [0.5, 0.6) is 0 Å². The minimum absolute atomic E-state index is 0.457. The summed E-state index contributed by atoms with van der Waals surface area (Å²) in [5.41, 5.74) is 1.22. The Kier molecular flexibility index (Phi) is 5.00. The third-order valence-electron chi connectivity index (χ3n) is 2.64. The zero-order valence-electron chi connectivity index (χ0n) is 10.3. The predicted molar refractivity (Wildman–Crippen MR) is 63.7 cm³/mol. The van der Waals surface area contributed by atoms with E-state index in [4.69, 9.17) is 5.26 Å². The predicted octanol–water partition coefficient (Wildman–Crippen LogP) is 2.03. The summed E-state index contributed by atoms with van der Waals surface area (Å²) in [6.07, 6.45) is 4.56. The first-order chi connectivity index (χ1) is 7.67. The van der Waals surface area contributed by atoms with Gasteiger partial charge in [-0.3, -0.25) is 9.58 Å². The number of aromatic nitrogens is 2. The van der Waals surface area contributed by atoms with Gasteiger partial charge in [-0.05, 0) is 20.8 Å². The highest BCUT2D eigenvalue weighted by Crippen LogP contribution is 2.08. The number of nitriles is 1. The number of nitrogens with zero attached hydrogens (tertiary/aromatic N) is 4. The van der Waals surface area contributed by atoms with Gasteiger partial charge in [0.1, 0.15) is 0 Å². The van der Waals surface area contributed by atoms with Crippen molar-refractivity contribution in [3.8, 4) is 6.07 Å². The molecule has 0 aliphatic rings. The molecule has 0 spiro atoms. The Morgan fingerprint density at radius 1 is 1.56 bits per heavy atom. The lowest BCUT2D eigenvalue weighted by Crippen LogP contribution is -2.31. The maximum atomic E-state index is 8.61. The van der Waals surface area contributed by atoms with Gasteiger partial charge in [0.25, 0.3) is 0 Å². The highest BCUT2D eigenvalue weighted by atomic mass is 15.3. The first-order valence-corrected chi connectivity index (χ1v) is 5.79. The van der Waals surface area contributed by atoms with E-state index in [0.717, 1.165) is 19.6 Å². The van der Waals surface area contributed by atoms with E-state index < -0.39 is 0 Å². The molecule has 1 rings (SSSR count). The van der Waals surface area contributed by atoms with E-state index in [1.54, 1.807) is 0 Å². The Balaban J connectivity index is 2.57. The molecule has 0 bridgehead atoms. The summed E-state index contributed by atoms with van der Waals surface area (Å²) in [5.74, 6) is 0. The summed E-state index contributed by atoms with van der Waals surface area (Å²) < 4.78 is 1.93. The van der Waals surface area contributed by atoms with Crippen molar-refractivity contribution in [3.05, 3.63) is 18.0 Å². The van der Waals surface area contributed by atoms with Crippen LogP contribution in [0.25, 0.3) is 0 Å². The molecule has 0 fully saturated rings. The van der Waals surface area contributed by atoms with Crippen LogP contribution in [0.1, 0.15) is 32.8 Å². The molecule has 1 aromatic heterocycles. The Hall–Kier alpha value is -1.34.